The highest BCUT2D eigenvalue weighted by Crippen LogP contribution is 2.46. The molecule has 0 aromatic heterocycles. The van der Waals surface area contributed by atoms with Crippen LogP contribution in [-0.2, 0) is 0 Å². The number of nitrogens with one attached hydrogen (secondary N) is 2. The number of allylic oxidation sites excluding steroid dienone is 1. The molecule has 0 aliphatic carbocycles. The molecule has 0 saturated heterocycles. The van der Waals surface area contributed by atoms with Gasteiger partial charge in [0.05, 0.1) is 11.4 Å². The zero-order valence-electron chi connectivity index (χ0n) is 22.3. The predicted molar refractivity (Wildman–Crippen MR) is 168 cm³/mol. The van der Waals surface area contributed by atoms with Gasteiger partial charge in [-0.25, -0.2) is 0 Å². The van der Waals surface area contributed by atoms with Crippen LogP contribution in [0.3, 0.4) is 0 Å². The third kappa shape index (κ3) is 4.21. The summed E-state index contributed by atoms with van der Waals surface area (Å²) in [6, 6.07) is 46.5. The SMILES string of the molecule is C1=C(c2ccccc2)NC(c2ccc3c(ccc4ccc5c(c43)OC(c3ccccc3)N5)c2)N=C1c1ccccc1. The zero-order chi connectivity index (χ0) is 27.2. The lowest BCUT2D eigenvalue weighted by Gasteiger charge is -2.25. The number of aliphatic imine (C=N–C) groups is 1. The molecular formula is C37H27N3O. The second-order valence-electron chi connectivity index (χ2n) is 10.5. The van der Waals surface area contributed by atoms with Gasteiger partial charge in [0.25, 0.3) is 0 Å². The molecule has 0 radical (unpaired) electrons. The van der Waals surface area contributed by atoms with Crippen molar-refractivity contribution in [2.45, 2.75) is 12.4 Å². The van der Waals surface area contributed by atoms with Gasteiger partial charge in [0.15, 0.2) is 12.0 Å². The fourth-order valence-corrected chi connectivity index (χ4v) is 5.86. The Bertz CT molecular complexity index is 1960. The van der Waals surface area contributed by atoms with E-state index in [9.17, 15) is 0 Å². The van der Waals surface area contributed by atoms with E-state index in [0.717, 1.165) is 61.3 Å². The molecule has 2 aliphatic heterocycles. The van der Waals surface area contributed by atoms with Crippen molar-refractivity contribution in [1.82, 2.24) is 5.32 Å². The molecule has 0 spiro atoms. The molecule has 0 bridgehead atoms. The lowest BCUT2D eigenvalue weighted by molar-refractivity contribution is 0.263. The Morgan fingerprint density at radius 2 is 1.27 bits per heavy atom. The van der Waals surface area contributed by atoms with Crippen molar-refractivity contribution in [3.8, 4) is 5.75 Å². The van der Waals surface area contributed by atoms with Gasteiger partial charge in [-0.1, -0.05) is 121 Å². The topological polar surface area (TPSA) is 45.6 Å². The molecule has 2 aliphatic rings. The number of hydrogen-bond acceptors (Lipinski definition) is 4. The molecule has 0 fully saturated rings. The van der Waals surface area contributed by atoms with Gasteiger partial charge in [0.1, 0.15) is 6.17 Å². The normalized spacial score (nSPS) is 17.7. The van der Waals surface area contributed by atoms with Crippen LogP contribution in [0.5, 0.6) is 5.75 Å². The van der Waals surface area contributed by atoms with Gasteiger partial charge >= 0.3 is 0 Å². The van der Waals surface area contributed by atoms with Gasteiger partial charge in [-0.2, -0.15) is 0 Å². The quantitative estimate of drug-likeness (QED) is 0.225. The van der Waals surface area contributed by atoms with E-state index >= 15 is 0 Å². The number of hydrogen-bond donors (Lipinski definition) is 2. The second-order valence-corrected chi connectivity index (χ2v) is 10.5. The molecule has 0 amide bonds. The molecule has 4 heteroatoms. The van der Waals surface area contributed by atoms with Crippen molar-refractivity contribution in [2.24, 2.45) is 4.99 Å². The average Bonchev–Trinajstić information content (AvgIpc) is 3.50. The predicted octanol–water partition coefficient (Wildman–Crippen LogP) is 8.63. The fraction of sp³-hybridized carbons (Fsp3) is 0.0541. The van der Waals surface area contributed by atoms with E-state index in [1.54, 1.807) is 0 Å². The van der Waals surface area contributed by atoms with Crippen molar-refractivity contribution >= 4 is 38.6 Å². The van der Waals surface area contributed by atoms with Crippen LogP contribution in [0.15, 0.2) is 145 Å². The van der Waals surface area contributed by atoms with E-state index in [1.807, 2.05) is 30.3 Å². The Labute approximate surface area is 238 Å². The van der Waals surface area contributed by atoms with Crippen LogP contribution in [0.2, 0.25) is 0 Å². The first-order valence-corrected chi connectivity index (χ1v) is 13.9. The first kappa shape index (κ1) is 23.5. The maximum absolute atomic E-state index is 6.53. The number of benzene rings is 6. The maximum atomic E-state index is 6.53. The van der Waals surface area contributed by atoms with Crippen LogP contribution >= 0.6 is 0 Å². The van der Waals surface area contributed by atoms with E-state index in [0.29, 0.717) is 0 Å². The molecule has 2 heterocycles. The minimum absolute atomic E-state index is 0.202. The van der Waals surface area contributed by atoms with E-state index in [2.05, 4.69) is 120 Å². The highest BCUT2D eigenvalue weighted by molar-refractivity contribution is 6.14. The van der Waals surface area contributed by atoms with E-state index in [-0.39, 0.29) is 12.4 Å². The smallest absolute Gasteiger partial charge is 0.196 e. The maximum Gasteiger partial charge on any atom is 0.196 e. The summed E-state index contributed by atoms with van der Waals surface area (Å²) in [6.07, 6.45) is 1.73. The molecule has 196 valence electrons. The molecule has 2 N–H and O–H groups in total. The highest BCUT2D eigenvalue weighted by atomic mass is 16.5. The minimum atomic E-state index is -0.215. The lowest BCUT2D eigenvalue weighted by Crippen LogP contribution is -2.24. The average molecular weight is 530 g/mol. The molecule has 8 rings (SSSR count). The standard InChI is InChI=1S/C37H27N3O/c1-4-10-24(11-5-1)32-23-33(25-12-6-2-7-13-25)39-36(38-32)29-18-20-30-28(22-29)17-16-26-19-21-31-35(34(26)30)41-37(40-31)27-14-8-3-9-15-27/h1-23,36-38,40H. The molecule has 4 nitrogen and oxygen atoms in total. The number of ether oxygens (including phenoxy) is 1. The Hall–Kier alpha value is -5.35. The van der Waals surface area contributed by atoms with Crippen LogP contribution in [0.1, 0.15) is 34.6 Å². The number of fused-ring (bicyclic) bond motifs is 5. The fourth-order valence-electron chi connectivity index (χ4n) is 5.86. The summed E-state index contributed by atoms with van der Waals surface area (Å²) in [7, 11) is 0. The third-order valence-electron chi connectivity index (χ3n) is 7.91. The van der Waals surface area contributed by atoms with Crippen LogP contribution in [0.4, 0.5) is 5.69 Å². The van der Waals surface area contributed by atoms with Gasteiger partial charge in [-0.3, -0.25) is 4.99 Å². The summed E-state index contributed by atoms with van der Waals surface area (Å²) < 4.78 is 6.53. The van der Waals surface area contributed by atoms with Crippen molar-refractivity contribution in [2.75, 3.05) is 5.32 Å². The Balaban J connectivity index is 1.21. The molecule has 6 aromatic carbocycles. The van der Waals surface area contributed by atoms with Gasteiger partial charge in [0, 0.05) is 16.6 Å². The van der Waals surface area contributed by atoms with Crippen LogP contribution in [-0.4, -0.2) is 5.71 Å². The summed E-state index contributed by atoms with van der Waals surface area (Å²) in [5, 5.41) is 11.9. The molecule has 0 saturated carbocycles. The second kappa shape index (κ2) is 9.68. The number of nitrogens with zero attached hydrogens (tertiary/aromatic N) is 1. The highest BCUT2D eigenvalue weighted by Gasteiger charge is 2.26. The van der Waals surface area contributed by atoms with Gasteiger partial charge in [-0.15, -0.1) is 0 Å². The van der Waals surface area contributed by atoms with Gasteiger partial charge < -0.3 is 15.4 Å². The molecular weight excluding hydrogens is 502 g/mol. The van der Waals surface area contributed by atoms with E-state index in [1.165, 1.54) is 5.39 Å². The number of rotatable bonds is 4. The van der Waals surface area contributed by atoms with Gasteiger partial charge in [0.2, 0.25) is 0 Å². The molecule has 41 heavy (non-hydrogen) atoms. The van der Waals surface area contributed by atoms with E-state index < -0.39 is 0 Å². The largest absolute Gasteiger partial charge is 0.464 e. The third-order valence-corrected chi connectivity index (χ3v) is 7.91. The summed E-state index contributed by atoms with van der Waals surface area (Å²) in [5.74, 6) is 0.907. The Morgan fingerprint density at radius 3 is 2.05 bits per heavy atom. The van der Waals surface area contributed by atoms with Crippen molar-refractivity contribution in [3.63, 3.8) is 0 Å². The number of anilines is 1. The zero-order valence-corrected chi connectivity index (χ0v) is 22.3. The van der Waals surface area contributed by atoms with Crippen LogP contribution in [0.25, 0.3) is 27.2 Å². The molecule has 2 unspecified atom stereocenters. The molecule has 6 aromatic rings. The summed E-state index contributed by atoms with van der Waals surface area (Å²) in [5.41, 5.74) is 7.51. The summed E-state index contributed by atoms with van der Waals surface area (Å²) in [4.78, 5) is 5.16. The van der Waals surface area contributed by atoms with Crippen molar-refractivity contribution in [3.05, 3.63) is 162 Å². The minimum Gasteiger partial charge on any atom is -0.464 e. The first-order chi connectivity index (χ1) is 20.3. The van der Waals surface area contributed by atoms with Gasteiger partial charge in [-0.05, 0) is 51.1 Å². The Kier molecular flexibility index (Phi) is 5.56. The van der Waals surface area contributed by atoms with Crippen molar-refractivity contribution in [1.29, 1.82) is 0 Å². The summed E-state index contributed by atoms with van der Waals surface area (Å²) >= 11 is 0. The van der Waals surface area contributed by atoms with Crippen LogP contribution < -0.4 is 15.4 Å². The van der Waals surface area contributed by atoms with Crippen LogP contribution in [0, 0.1) is 0 Å². The lowest BCUT2D eigenvalue weighted by atomic mass is 9.97. The van der Waals surface area contributed by atoms with Crippen molar-refractivity contribution < 1.29 is 4.74 Å². The first-order valence-electron chi connectivity index (χ1n) is 13.9. The summed E-state index contributed by atoms with van der Waals surface area (Å²) in [6.45, 7) is 0. The monoisotopic (exact) mass is 529 g/mol. The molecule has 2 atom stereocenters. The Morgan fingerprint density at radius 1 is 0.585 bits per heavy atom. The van der Waals surface area contributed by atoms with E-state index in [4.69, 9.17) is 9.73 Å².